The van der Waals surface area contributed by atoms with Gasteiger partial charge in [-0.15, -0.1) is 0 Å². The van der Waals surface area contributed by atoms with E-state index >= 15 is 0 Å². The number of phenols is 1. The highest BCUT2D eigenvalue weighted by Crippen LogP contribution is 2.39. The van der Waals surface area contributed by atoms with Crippen molar-refractivity contribution in [2.45, 2.75) is 52.4 Å². The van der Waals surface area contributed by atoms with E-state index in [1.807, 2.05) is 41.5 Å². The normalized spacial score (nSPS) is 12.3. The Labute approximate surface area is 137 Å². The monoisotopic (exact) mass is 315 g/mol. The second-order valence-corrected chi connectivity index (χ2v) is 7.84. The van der Waals surface area contributed by atoms with Crippen LogP contribution < -0.4 is 5.32 Å². The van der Waals surface area contributed by atoms with E-state index in [9.17, 15) is 9.90 Å². The Balaban J connectivity index is 2.53. The van der Waals surface area contributed by atoms with Crippen LogP contribution in [0.5, 0.6) is 5.75 Å². The molecule has 0 saturated heterocycles. The van der Waals surface area contributed by atoms with Gasteiger partial charge >= 0.3 is 0 Å². The van der Waals surface area contributed by atoms with Gasteiger partial charge in [-0.05, 0) is 23.0 Å². The molecule has 1 aromatic carbocycles. The zero-order valence-corrected chi connectivity index (χ0v) is 14.6. The lowest BCUT2D eigenvalue weighted by atomic mass is 9.78. The van der Waals surface area contributed by atoms with E-state index in [4.69, 9.17) is 0 Å². The number of rotatable bonds is 2. The average molecular weight is 315 g/mol. The first-order chi connectivity index (χ1) is 10.5. The molecule has 1 aromatic heterocycles. The van der Waals surface area contributed by atoms with Crippen LogP contribution in [0.15, 0.2) is 24.4 Å². The molecular formula is C18H25N3O2. The number of phenolic OH excluding ortho intramolecular Hbond substituents is 1. The third-order valence-corrected chi connectivity index (χ3v) is 3.74. The number of hydrogen-bond donors (Lipinski definition) is 3. The van der Waals surface area contributed by atoms with E-state index in [0.29, 0.717) is 11.4 Å². The molecule has 1 heterocycles. The minimum Gasteiger partial charge on any atom is -0.507 e. The molecule has 0 radical (unpaired) electrons. The molecule has 0 bridgehead atoms. The molecule has 124 valence electrons. The Morgan fingerprint density at radius 3 is 2.00 bits per heavy atom. The smallest absolute Gasteiger partial charge is 0.256 e. The van der Waals surface area contributed by atoms with Crippen molar-refractivity contribution < 1.29 is 9.90 Å². The molecule has 0 saturated carbocycles. The summed E-state index contributed by atoms with van der Waals surface area (Å²) in [6.07, 6.45) is 1.58. The predicted octanol–water partition coefficient (Wildman–Crippen LogP) is 3.96. The molecule has 3 N–H and O–H groups in total. The number of carbonyl (C=O) groups is 1. The van der Waals surface area contributed by atoms with Crippen molar-refractivity contribution in [2.75, 3.05) is 5.32 Å². The first kappa shape index (κ1) is 17.1. The van der Waals surface area contributed by atoms with Gasteiger partial charge in [-0.2, -0.15) is 5.10 Å². The summed E-state index contributed by atoms with van der Waals surface area (Å²) < 4.78 is 0. The molecule has 2 aromatic rings. The molecule has 5 nitrogen and oxygen atoms in total. The Morgan fingerprint density at radius 1 is 1.09 bits per heavy atom. The highest BCUT2D eigenvalue weighted by Gasteiger charge is 2.27. The number of aromatic nitrogens is 2. The molecule has 23 heavy (non-hydrogen) atoms. The predicted molar refractivity (Wildman–Crippen MR) is 92.0 cm³/mol. The van der Waals surface area contributed by atoms with Crippen molar-refractivity contribution in [1.29, 1.82) is 0 Å². The fourth-order valence-corrected chi connectivity index (χ4v) is 2.43. The topological polar surface area (TPSA) is 78.0 Å². The second kappa shape index (κ2) is 5.72. The van der Waals surface area contributed by atoms with E-state index < -0.39 is 0 Å². The van der Waals surface area contributed by atoms with Gasteiger partial charge in [0, 0.05) is 22.8 Å². The summed E-state index contributed by atoms with van der Waals surface area (Å²) >= 11 is 0. The summed E-state index contributed by atoms with van der Waals surface area (Å²) in [6.45, 7) is 12.1. The molecule has 0 spiro atoms. The minimum atomic E-state index is -0.269. The number of hydrogen-bond acceptors (Lipinski definition) is 3. The molecule has 5 heteroatoms. The molecule has 0 aliphatic heterocycles. The molecular weight excluding hydrogens is 290 g/mol. The Morgan fingerprint density at radius 2 is 1.61 bits per heavy atom. The van der Waals surface area contributed by atoms with Gasteiger partial charge in [0.1, 0.15) is 11.6 Å². The number of anilines is 1. The first-order valence-electron chi connectivity index (χ1n) is 7.69. The summed E-state index contributed by atoms with van der Waals surface area (Å²) in [5.41, 5.74) is 1.51. The van der Waals surface area contributed by atoms with E-state index in [-0.39, 0.29) is 22.5 Å². The van der Waals surface area contributed by atoms with Crippen molar-refractivity contribution in [3.05, 3.63) is 41.1 Å². The number of benzene rings is 1. The van der Waals surface area contributed by atoms with E-state index in [1.165, 1.54) is 0 Å². The van der Waals surface area contributed by atoms with Gasteiger partial charge in [-0.3, -0.25) is 9.89 Å². The minimum absolute atomic E-state index is 0.231. The molecule has 0 fully saturated rings. The number of aromatic amines is 1. The van der Waals surface area contributed by atoms with Crippen LogP contribution in [0.2, 0.25) is 0 Å². The van der Waals surface area contributed by atoms with E-state index in [1.54, 1.807) is 24.4 Å². The number of amides is 1. The zero-order valence-electron chi connectivity index (χ0n) is 14.6. The maximum Gasteiger partial charge on any atom is 0.256 e. The highest BCUT2D eigenvalue weighted by atomic mass is 16.3. The zero-order chi connectivity index (χ0) is 17.4. The van der Waals surface area contributed by atoms with Crippen molar-refractivity contribution in [2.24, 2.45) is 0 Å². The SMILES string of the molecule is CC(C)(C)c1cc(C(=O)Nc2ccn[nH]2)cc(C(C)(C)C)c1O. The fraction of sp³-hybridized carbons (Fsp3) is 0.444. The summed E-state index contributed by atoms with van der Waals surface area (Å²) in [4.78, 5) is 12.5. The lowest BCUT2D eigenvalue weighted by molar-refractivity contribution is 0.102. The first-order valence-corrected chi connectivity index (χ1v) is 7.69. The number of aromatic hydroxyl groups is 1. The van der Waals surface area contributed by atoms with E-state index in [2.05, 4.69) is 15.5 Å². The van der Waals surface area contributed by atoms with Crippen LogP contribution in [-0.4, -0.2) is 21.2 Å². The third kappa shape index (κ3) is 3.73. The standard InChI is InChI=1S/C18H25N3O2/c1-17(2,3)12-9-11(10-13(15(12)22)18(4,5)6)16(23)20-14-7-8-19-21-14/h7-10,22H,1-6H3,(H2,19,20,21,23). The van der Waals surface area contributed by atoms with Gasteiger partial charge in [0.15, 0.2) is 0 Å². The van der Waals surface area contributed by atoms with Crippen molar-refractivity contribution >= 4 is 11.7 Å². The van der Waals surface area contributed by atoms with Gasteiger partial charge in [-0.1, -0.05) is 41.5 Å². The van der Waals surface area contributed by atoms with Gasteiger partial charge < -0.3 is 10.4 Å². The van der Waals surface area contributed by atoms with Gasteiger partial charge in [-0.25, -0.2) is 0 Å². The molecule has 0 atom stereocenters. The Hall–Kier alpha value is -2.30. The van der Waals surface area contributed by atoms with Crippen molar-refractivity contribution in [1.82, 2.24) is 10.2 Å². The largest absolute Gasteiger partial charge is 0.507 e. The van der Waals surface area contributed by atoms with Crippen LogP contribution in [0.4, 0.5) is 5.82 Å². The van der Waals surface area contributed by atoms with Gasteiger partial charge in [0.2, 0.25) is 0 Å². The molecule has 1 amide bonds. The number of carbonyl (C=O) groups excluding carboxylic acids is 1. The second-order valence-electron chi connectivity index (χ2n) is 7.84. The average Bonchev–Trinajstić information content (AvgIpc) is 2.88. The molecule has 0 aliphatic rings. The summed E-state index contributed by atoms with van der Waals surface area (Å²) in [7, 11) is 0. The van der Waals surface area contributed by atoms with Crippen molar-refractivity contribution in [3.8, 4) is 5.75 Å². The lowest BCUT2D eigenvalue weighted by Gasteiger charge is -2.28. The summed E-state index contributed by atoms with van der Waals surface area (Å²) in [5, 5.41) is 20.0. The Kier molecular flexibility index (Phi) is 4.24. The van der Waals surface area contributed by atoms with Crippen LogP contribution in [0, 0.1) is 0 Å². The third-order valence-electron chi connectivity index (χ3n) is 3.74. The quantitative estimate of drug-likeness (QED) is 0.785. The number of nitrogens with zero attached hydrogens (tertiary/aromatic N) is 1. The summed E-state index contributed by atoms with van der Waals surface area (Å²) in [5.74, 6) is 0.575. The van der Waals surface area contributed by atoms with Gasteiger partial charge in [0.05, 0.1) is 6.20 Å². The van der Waals surface area contributed by atoms with Crippen LogP contribution >= 0.6 is 0 Å². The highest BCUT2D eigenvalue weighted by molar-refractivity contribution is 6.04. The molecule has 0 aliphatic carbocycles. The number of H-pyrrole nitrogens is 1. The van der Waals surface area contributed by atoms with Crippen molar-refractivity contribution in [3.63, 3.8) is 0 Å². The fourth-order valence-electron chi connectivity index (χ4n) is 2.43. The van der Waals surface area contributed by atoms with Crippen LogP contribution in [-0.2, 0) is 10.8 Å². The lowest BCUT2D eigenvalue weighted by Crippen LogP contribution is -2.20. The summed E-state index contributed by atoms with van der Waals surface area (Å²) in [6, 6.07) is 5.21. The van der Waals surface area contributed by atoms with Crippen LogP contribution in [0.25, 0.3) is 0 Å². The van der Waals surface area contributed by atoms with Crippen LogP contribution in [0.3, 0.4) is 0 Å². The Bertz CT molecular complexity index is 670. The molecule has 2 rings (SSSR count). The van der Waals surface area contributed by atoms with Gasteiger partial charge in [0.25, 0.3) is 5.91 Å². The number of nitrogens with one attached hydrogen (secondary N) is 2. The maximum absolute atomic E-state index is 12.5. The maximum atomic E-state index is 12.5. The van der Waals surface area contributed by atoms with Crippen LogP contribution in [0.1, 0.15) is 63.0 Å². The van der Waals surface area contributed by atoms with E-state index in [0.717, 1.165) is 11.1 Å². The molecule has 0 unspecified atom stereocenters.